The molecule has 0 bridgehead atoms. The van der Waals surface area contributed by atoms with Crippen LogP contribution in [0, 0.1) is 6.92 Å². The number of amides is 1. The van der Waals surface area contributed by atoms with Crippen molar-refractivity contribution in [3.63, 3.8) is 0 Å². The highest BCUT2D eigenvalue weighted by molar-refractivity contribution is 6.20. The summed E-state index contributed by atoms with van der Waals surface area (Å²) >= 11 is 0. The van der Waals surface area contributed by atoms with Crippen LogP contribution in [0.4, 0.5) is 5.69 Å². The molecule has 132 valence electrons. The van der Waals surface area contributed by atoms with Crippen molar-refractivity contribution in [3.8, 4) is 5.75 Å². The zero-order valence-electron chi connectivity index (χ0n) is 13.5. The number of carbonyl (C=O) groups is 1. The molecule has 0 saturated carbocycles. The molecular formula is C15H8N8O4. The minimum absolute atomic E-state index is 0.0470. The first-order valence-corrected chi connectivity index (χ1v) is 7.64. The van der Waals surface area contributed by atoms with Crippen LogP contribution in [0.25, 0.3) is 33.1 Å². The number of aromatic nitrogens is 6. The van der Waals surface area contributed by atoms with E-state index in [1.165, 1.54) is 6.07 Å². The summed E-state index contributed by atoms with van der Waals surface area (Å²) in [5.41, 5.74) is 1.74. The van der Waals surface area contributed by atoms with Crippen molar-refractivity contribution < 1.29 is 19.2 Å². The summed E-state index contributed by atoms with van der Waals surface area (Å²) in [6.07, 6.45) is 0. The first kappa shape index (κ1) is 15.1. The van der Waals surface area contributed by atoms with Gasteiger partial charge in [0.15, 0.2) is 5.69 Å². The Bertz CT molecular complexity index is 1380. The molecule has 5 aromatic rings. The molecule has 27 heavy (non-hydrogen) atoms. The zero-order valence-corrected chi connectivity index (χ0v) is 13.5. The van der Waals surface area contributed by atoms with Crippen LogP contribution in [0.1, 0.15) is 16.2 Å². The molecule has 5 rings (SSSR count). The third kappa shape index (κ3) is 2.16. The van der Waals surface area contributed by atoms with E-state index in [1.807, 2.05) is 0 Å². The number of aromatic amines is 1. The van der Waals surface area contributed by atoms with E-state index in [-0.39, 0.29) is 28.4 Å². The van der Waals surface area contributed by atoms with Gasteiger partial charge in [-0.05, 0) is 23.3 Å². The fourth-order valence-electron chi connectivity index (χ4n) is 2.79. The number of benzene rings is 1. The van der Waals surface area contributed by atoms with Crippen molar-refractivity contribution in [1.29, 1.82) is 0 Å². The molecule has 0 aliphatic rings. The van der Waals surface area contributed by atoms with Gasteiger partial charge in [0, 0.05) is 5.39 Å². The van der Waals surface area contributed by atoms with E-state index in [9.17, 15) is 9.90 Å². The van der Waals surface area contributed by atoms with Gasteiger partial charge in [0.25, 0.3) is 0 Å². The SMILES string of the molecule is Cc1nonc1C(=O)N=Nc1c2nc3[nH]onc3nc2c2cccc(O)c12. The topological polar surface area (TPSA) is 169 Å². The van der Waals surface area contributed by atoms with Crippen LogP contribution in [-0.2, 0) is 0 Å². The summed E-state index contributed by atoms with van der Waals surface area (Å²) in [7, 11) is 0. The Kier molecular flexibility index (Phi) is 3.01. The molecule has 2 N–H and O–H groups in total. The highest BCUT2D eigenvalue weighted by Gasteiger charge is 2.21. The summed E-state index contributed by atoms with van der Waals surface area (Å²) in [6, 6.07) is 4.90. The van der Waals surface area contributed by atoms with Crippen molar-refractivity contribution >= 4 is 44.7 Å². The lowest BCUT2D eigenvalue weighted by Crippen LogP contribution is -1.96. The molecule has 0 saturated heterocycles. The standard InChI is InChI=1S/C15H8N8O4/c1-5-9(21-26-20-5)15(25)19-18-11-8-6(3-2-4-7(8)24)10-12(11)17-14-13(16-10)22-27-23-14/h2-4,24H,1H3,(H,17,23). The number of aromatic hydroxyl groups is 1. The average Bonchev–Trinajstić information content (AvgIpc) is 3.36. The first-order chi connectivity index (χ1) is 13.1. The van der Waals surface area contributed by atoms with Crippen molar-refractivity contribution in [1.82, 2.24) is 30.6 Å². The number of rotatable bonds is 2. The molecule has 2 aromatic carbocycles. The Hall–Kier alpha value is -4.22. The van der Waals surface area contributed by atoms with Gasteiger partial charge in [0.2, 0.25) is 11.3 Å². The molecule has 0 aliphatic heterocycles. The molecule has 0 atom stereocenters. The van der Waals surface area contributed by atoms with E-state index in [0.29, 0.717) is 27.5 Å². The Balaban J connectivity index is 1.77. The molecule has 12 nitrogen and oxygen atoms in total. The van der Waals surface area contributed by atoms with E-state index in [0.717, 1.165) is 0 Å². The summed E-state index contributed by atoms with van der Waals surface area (Å²) < 4.78 is 9.25. The number of phenols is 1. The van der Waals surface area contributed by atoms with Gasteiger partial charge in [-0.2, -0.15) is 5.16 Å². The fourth-order valence-corrected chi connectivity index (χ4v) is 2.79. The first-order valence-electron chi connectivity index (χ1n) is 7.64. The Labute approximate surface area is 147 Å². The number of aryl methyl sites for hydroxylation is 1. The van der Waals surface area contributed by atoms with Crippen LogP contribution in [-0.4, -0.2) is 41.6 Å². The number of hydrogen-bond acceptors (Lipinski definition) is 10. The average molecular weight is 364 g/mol. The molecule has 0 spiro atoms. The normalized spacial score (nSPS) is 12.0. The van der Waals surface area contributed by atoms with Crippen molar-refractivity contribution in [2.24, 2.45) is 10.2 Å². The van der Waals surface area contributed by atoms with E-state index in [4.69, 9.17) is 4.63 Å². The molecule has 3 aromatic heterocycles. The number of nitrogens with one attached hydrogen (secondary N) is 1. The summed E-state index contributed by atoms with van der Waals surface area (Å²) in [6.45, 7) is 1.56. The van der Waals surface area contributed by atoms with Gasteiger partial charge in [-0.15, -0.1) is 10.2 Å². The van der Waals surface area contributed by atoms with Gasteiger partial charge in [0.05, 0.1) is 5.39 Å². The minimum Gasteiger partial charge on any atom is -0.507 e. The van der Waals surface area contributed by atoms with Crippen LogP contribution in [0.3, 0.4) is 0 Å². The third-order valence-corrected chi connectivity index (χ3v) is 4.01. The van der Waals surface area contributed by atoms with Gasteiger partial charge in [0.1, 0.15) is 28.2 Å². The maximum Gasteiger partial charge on any atom is 0.319 e. The van der Waals surface area contributed by atoms with Crippen molar-refractivity contribution in [3.05, 3.63) is 29.6 Å². The van der Waals surface area contributed by atoms with E-state index < -0.39 is 5.91 Å². The number of nitrogens with zero attached hydrogens (tertiary/aromatic N) is 7. The number of H-pyrrole nitrogens is 1. The predicted molar refractivity (Wildman–Crippen MR) is 88.5 cm³/mol. The molecule has 0 unspecified atom stereocenters. The maximum atomic E-state index is 12.2. The monoisotopic (exact) mass is 364 g/mol. The van der Waals surface area contributed by atoms with Gasteiger partial charge >= 0.3 is 5.91 Å². The lowest BCUT2D eigenvalue weighted by atomic mass is 10.2. The minimum atomic E-state index is -0.739. The van der Waals surface area contributed by atoms with Gasteiger partial charge in [-0.25, -0.2) is 14.6 Å². The zero-order chi connectivity index (χ0) is 18.5. The second-order valence-electron chi connectivity index (χ2n) is 5.63. The number of fused-ring (bicyclic) bond motifs is 4. The van der Waals surface area contributed by atoms with Crippen LogP contribution in [0.2, 0.25) is 0 Å². The number of carbonyl (C=O) groups excluding carboxylic acids is 1. The molecule has 0 aliphatic carbocycles. The molecular weight excluding hydrogens is 356 g/mol. The highest BCUT2D eigenvalue weighted by atomic mass is 16.6. The Morgan fingerprint density at radius 2 is 2.07 bits per heavy atom. The molecule has 1 amide bonds. The molecule has 12 heteroatoms. The summed E-state index contributed by atoms with van der Waals surface area (Å²) in [5, 5.41) is 32.2. The number of phenolic OH excluding ortho intramolecular Hbond substituents is 1. The second-order valence-corrected chi connectivity index (χ2v) is 5.63. The van der Waals surface area contributed by atoms with Gasteiger partial charge in [-0.3, -0.25) is 9.42 Å². The predicted octanol–water partition coefficient (Wildman–Crippen LogP) is 2.57. The smallest absolute Gasteiger partial charge is 0.319 e. The van der Waals surface area contributed by atoms with E-state index in [1.54, 1.807) is 19.1 Å². The summed E-state index contributed by atoms with van der Waals surface area (Å²) in [5.74, 6) is -0.786. The summed E-state index contributed by atoms with van der Waals surface area (Å²) in [4.78, 5) is 21.0. The largest absolute Gasteiger partial charge is 0.507 e. The fraction of sp³-hybridized carbons (Fsp3) is 0.0667. The highest BCUT2D eigenvalue weighted by Crippen LogP contribution is 2.43. The number of azo groups is 1. The van der Waals surface area contributed by atoms with E-state index in [2.05, 4.69) is 45.5 Å². The van der Waals surface area contributed by atoms with Crippen molar-refractivity contribution in [2.75, 3.05) is 0 Å². The van der Waals surface area contributed by atoms with Crippen LogP contribution in [0.5, 0.6) is 5.75 Å². The van der Waals surface area contributed by atoms with Gasteiger partial charge in [-0.1, -0.05) is 17.3 Å². The van der Waals surface area contributed by atoms with Crippen molar-refractivity contribution in [2.45, 2.75) is 6.92 Å². The maximum absolute atomic E-state index is 12.2. The quantitative estimate of drug-likeness (QED) is 0.447. The Morgan fingerprint density at radius 3 is 2.89 bits per heavy atom. The molecule has 0 radical (unpaired) electrons. The van der Waals surface area contributed by atoms with Crippen LogP contribution < -0.4 is 0 Å². The van der Waals surface area contributed by atoms with Crippen LogP contribution in [0.15, 0.2) is 37.7 Å². The molecule has 3 heterocycles. The van der Waals surface area contributed by atoms with Crippen LogP contribution >= 0.6 is 0 Å². The second kappa shape index (κ2) is 5.39. The third-order valence-electron chi connectivity index (χ3n) is 4.01. The van der Waals surface area contributed by atoms with E-state index >= 15 is 0 Å². The lowest BCUT2D eigenvalue weighted by molar-refractivity contribution is 0.0985. The lowest BCUT2D eigenvalue weighted by Gasteiger charge is -1.95. The Morgan fingerprint density at radius 1 is 1.19 bits per heavy atom. The van der Waals surface area contributed by atoms with Gasteiger partial charge < -0.3 is 5.11 Å². The number of hydrogen-bond donors (Lipinski definition) is 2. The molecule has 0 fully saturated rings.